The molecule has 0 unspecified atom stereocenters. The van der Waals surface area contributed by atoms with Crippen LogP contribution in [0, 0.1) is 6.92 Å². The number of aromatic nitrogens is 1. The van der Waals surface area contributed by atoms with Crippen LogP contribution in [0.1, 0.15) is 12.5 Å². The third kappa shape index (κ3) is 2.42. The number of rotatable bonds is 3. The number of aryl methyl sites for hydroxylation is 1. The molecule has 0 amide bonds. The van der Waals surface area contributed by atoms with Gasteiger partial charge in [-0.05, 0) is 26.0 Å². The number of fused-ring (bicyclic) bond motifs is 1. The number of hydrogen-bond acceptors (Lipinski definition) is 3. The highest BCUT2D eigenvalue weighted by atomic mass is 16.5. The highest BCUT2D eigenvalue weighted by Gasteiger charge is 2.07. The zero-order chi connectivity index (χ0) is 13.1. The van der Waals surface area contributed by atoms with Crippen LogP contribution in [0.15, 0.2) is 35.3 Å². The quantitative estimate of drug-likeness (QED) is 0.776. The molecule has 0 atom stereocenters. The number of esters is 1. The fourth-order valence-electron chi connectivity index (χ4n) is 1.91. The Hall–Kier alpha value is -2.10. The van der Waals surface area contributed by atoms with Crippen LogP contribution in [0.5, 0.6) is 0 Å². The Balaban J connectivity index is 2.49. The number of benzene rings is 1. The third-order valence-corrected chi connectivity index (χ3v) is 2.74. The molecular formula is C14H15NO3. The molecular weight excluding hydrogens is 230 g/mol. The van der Waals surface area contributed by atoms with Crippen LogP contribution in [0.3, 0.4) is 0 Å². The van der Waals surface area contributed by atoms with Crippen LogP contribution in [0.2, 0.25) is 0 Å². The predicted molar refractivity (Wildman–Crippen MR) is 69.6 cm³/mol. The van der Waals surface area contributed by atoms with Gasteiger partial charge < -0.3 is 9.30 Å². The molecule has 0 aliphatic rings. The molecule has 18 heavy (non-hydrogen) atoms. The minimum absolute atomic E-state index is 0.0335. The van der Waals surface area contributed by atoms with Gasteiger partial charge in [-0.1, -0.05) is 11.6 Å². The second-order valence-corrected chi connectivity index (χ2v) is 4.13. The van der Waals surface area contributed by atoms with Gasteiger partial charge in [0.2, 0.25) is 0 Å². The van der Waals surface area contributed by atoms with Gasteiger partial charge in [0.15, 0.2) is 5.43 Å². The lowest BCUT2D eigenvalue weighted by atomic mass is 10.1. The maximum atomic E-state index is 11.8. The molecule has 1 heterocycles. The maximum Gasteiger partial charge on any atom is 0.325 e. The summed E-state index contributed by atoms with van der Waals surface area (Å²) in [6.07, 6.45) is 1.62. The normalized spacial score (nSPS) is 10.6. The number of pyridine rings is 1. The first-order chi connectivity index (χ1) is 8.61. The molecule has 1 aromatic heterocycles. The van der Waals surface area contributed by atoms with E-state index in [1.807, 2.05) is 25.1 Å². The molecule has 0 saturated heterocycles. The van der Waals surface area contributed by atoms with Crippen LogP contribution in [-0.2, 0) is 16.1 Å². The van der Waals surface area contributed by atoms with Crippen molar-refractivity contribution >= 4 is 16.9 Å². The lowest BCUT2D eigenvalue weighted by molar-refractivity contribution is -0.143. The molecule has 0 aliphatic heterocycles. The predicted octanol–water partition coefficient (Wildman–Crippen LogP) is 1.87. The van der Waals surface area contributed by atoms with Crippen LogP contribution in [0.4, 0.5) is 0 Å². The van der Waals surface area contributed by atoms with Gasteiger partial charge >= 0.3 is 5.97 Å². The van der Waals surface area contributed by atoms with Gasteiger partial charge in [0.25, 0.3) is 0 Å². The minimum Gasteiger partial charge on any atom is -0.465 e. The summed E-state index contributed by atoms with van der Waals surface area (Å²) >= 11 is 0. The van der Waals surface area contributed by atoms with E-state index in [1.54, 1.807) is 17.7 Å². The first-order valence-electron chi connectivity index (χ1n) is 5.87. The molecule has 0 aliphatic carbocycles. The van der Waals surface area contributed by atoms with E-state index in [0.29, 0.717) is 12.0 Å². The summed E-state index contributed by atoms with van der Waals surface area (Å²) in [5.74, 6) is -0.303. The number of carbonyl (C=O) groups is 1. The first kappa shape index (κ1) is 12.4. The maximum absolute atomic E-state index is 11.8. The van der Waals surface area contributed by atoms with Crippen molar-refractivity contribution in [3.8, 4) is 0 Å². The fraction of sp³-hybridized carbons (Fsp3) is 0.286. The largest absolute Gasteiger partial charge is 0.465 e. The van der Waals surface area contributed by atoms with Gasteiger partial charge in [0.1, 0.15) is 6.54 Å². The van der Waals surface area contributed by atoms with Crippen LogP contribution in [0.25, 0.3) is 10.9 Å². The molecule has 0 bridgehead atoms. The average molecular weight is 245 g/mol. The van der Waals surface area contributed by atoms with Crippen molar-refractivity contribution < 1.29 is 9.53 Å². The minimum atomic E-state index is -0.303. The van der Waals surface area contributed by atoms with Gasteiger partial charge in [-0.15, -0.1) is 0 Å². The summed E-state index contributed by atoms with van der Waals surface area (Å²) in [6, 6.07) is 7.08. The Labute approximate surface area is 105 Å². The second-order valence-electron chi connectivity index (χ2n) is 4.13. The molecule has 0 radical (unpaired) electrons. The Bertz CT molecular complexity index is 643. The van der Waals surface area contributed by atoms with E-state index in [4.69, 9.17) is 4.74 Å². The van der Waals surface area contributed by atoms with E-state index in [2.05, 4.69) is 0 Å². The molecule has 0 spiro atoms. The van der Waals surface area contributed by atoms with Crippen molar-refractivity contribution in [3.05, 3.63) is 46.2 Å². The number of ether oxygens (including phenoxy) is 1. The molecule has 4 heteroatoms. The van der Waals surface area contributed by atoms with Gasteiger partial charge in [-0.25, -0.2) is 0 Å². The fourth-order valence-corrected chi connectivity index (χ4v) is 1.91. The van der Waals surface area contributed by atoms with Crippen molar-refractivity contribution in [1.82, 2.24) is 4.57 Å². The summed E-state index contributed by atoms with van der Waals surface area (Å²) in [6.45, 7) is 4.18. The Morgan fingerprint density at radius 1 is 1.33 bits per heavy atom. The number of hydrogen-bond donors (Lipinski definition) is 0. The molecule has 0 fully saturated rings. The van der Waals surface area contributed by atoms with E-state index in [1.165, 1.54) is 6.07 Å². The molecule has 0 saturated carbocycles. The summed E-state index contributed by atoms with van der Waals surface area (Å²) in [5.41, 5.74) is 1.74. The van der Waals surface area contributed by atoms with Crippen molar-refractivity contribution in [2.45, 2.75) is 20.4 Å². The average Bonchev–Trinajstić information content (AvgIpc) is 2.33. The highest BCUT2D eigenvalue weighted by Crippen LogP contribution is 2.12. The van der Waals surface area contributed by atoms with Crippen molar-refractivity contribution in [2.75, 3.05) is 6.61 Å². The molecule has 2 rings (SSSR count). The smallest absolute Gasteiger partial charge is 0.325 e. The Morgan fingerprint density at radius 2 is 2.11 bits per heavy atom. The standard InChI is InChI=1S/C14H15NO3/c1-3-18-14(17)9-15-7-6-13(16)11-8-10(2)4-5-12(11)15/h4-8H,3,9H2,1-2H3. The SMILES string of the molecule is CCOC(=O)Cn1ccc(=O)c2cc(C)ccc21. The Kier molecular flexibility index (Phi) is 3.46. The monoisotopic (exact) mass is 245 g/mol. The molecule has 1 aromatic carbocycles. The zero-order valence-corrected chi connectivity index (χ0v) is 10.5. The number of carbonyl (C=O) groups excluding carboxylic acids is 1. The molecule has 4 nitrogen and oxygen atoms in total. The van der Waals surface area contributed by atoms with E-state index in [0.717, 1.165) is 11.1 Å². The van der Waals surface area contributed by atoms with Crippen molar-refractivity contribution in [3.63, 3.8) is 0 Å². The van der Waals surface area contributed by atoms with E-state index in [-0.39, 0.29) is 17.9 Å². The topological polar surface area (TPSA) is 48.3 Å². The third-order valence-electron chi connectivity index (χ3n) is 2.74. The summed E-state index contributed by atoms with van der Waals surface area (Å²) in [5, 5.41) is 0.627. The van der Waals surface area contributed by atoms with Gasteiger partial charge in [0, 0.05) is 17.6 Å². The van der Waals surface area contributed by atoms with Gasteiger partial charge in [0.05, 0.1) is 12.1 Å². The van der Waals surface area contributed by atoms with Crippen molar-refractivity contribution in [1.29, 1.82) is 0 Å². The highest BCUT2D eigenvalue weighted by molar-refractivity contribution is 5.81. The first-order valence-corrected chi connectivity index (χ1v) is 5.87. The molecule has 0 N–H and O–H groups in total. The van der Waals surface area contributed by atoms with E-state index < -0.39 is 0 Å². The molecule has 94 valence electrons. The van der Waals surface area contributed by atoms with Crippen LogP contribution >= 0.6 is 0 Å². The lowest BCUT2D eigenvalue weighted by Gasteiger charge is -2.10. The van der Waals surface area contributed by atoms with Crippen LogP contribution < -0.4 is 5.43 Å². The molecule has 2 aromatic rings. The zero-order valence-electron chi connectivity index (χ0n) is 10.5. The lowest BCUT2D eigenvalue weighted by Crippen LogP contribution is -2.16. The summed E-state index contributed by atoms with van der Waals surface area (Å²) < 4.78 is 6.64. The Morgan fingerprint density at radius 3 is 2.83 bits per heavy atom. The number of nitrogens with zero attached hydrogens (tertiary/aromatic N) is 1. The van der Waals surface area contributed by atoms with E-state index in [9.17, 15) is 9.59 Å². The van der Waals surface area contributed by atoms with Crippen molar-refractivity contribution in [2.24, 2.45) is 0 Å². The van der Waals surface area contributed by atoms with E-state index >= 15 is 0 Å². The van der Waals surface area contributed by atoms with Gasteiger partial charge in [-0.2, -0.15) is 0 Å². The second kappa shape index (κ2) is 5.04. The van der Waals surface area contributed by atoms with Gasteiger partial charge in [-0.3, -0.25) is 9.59 Å². The summed E-state index contributed by atoms with van der Waals surface area (Å²) in [7, 11) is 0. The van der Waals surface area contributed by atoms with Crippen LogP contribution in [-0.4, -0.2) is 17.1 Å². The summed E-state index contributed by atoms with van der Waals surface area (Å²) in [4.78, 5) is 23.3.